The van der Waals surface area contributed by atoms with Crippen molar-refractivity contribution in [3.05, 3.63) is 34.9 Å². The van der Waals surface area contributed by atoms with Crippen LogP contribution in [-0.2, 0) is 0 Å². The Kier molecular flexibility index (Phi) is 7.37. The number of hydrogen-bond acceptors (Lipinski definition) is 0. The Balaban J connectivity index is 2.41. The van der Waals surface area contributed by atoms with E-state index in [9.17, 15) is 8.78 Å². The van der Waals surface area contributed by atoms with Gasteiger partial charge in [0.05, 0.1) is 5.38 Å². The average Bonchev–Trinajstić information content (AvgIpc) is 2.37. The maximum absolute atomic E-state index is 13.6. The van der Waals surface area contributed by atoms with Crippen LogP contribution in [0.15, 0.2) is 12.1 Å². The van der Waals surface area contributed by atoms with E-state index in [1.54, 1.807) is 6.92 Å². The van der Waals surface area contributed by atoms with Crippen molar-refractivity contribution >= 4 is 11.6 Å². The third-order valence-electron chi connectivity index (χ3n) is 3.43. The van der Waals surface area contributed by atoms with E-state index in [1.165, 1.54) is 31.7 Å². The fourth-order valence-electron chi connectivity index (χ4n) is 2.18. The third-order valence-corrected chi connectivity index (χ3v) is 3.88. The van der Waals surface area contributed by atoms with Crippen LogP contribution in [0, 0.1) is 18.6 Å². The van der Waals surface area contributed by atoms with Crippen LogP contribution in [0.1, 0.15) is 68.4 Å². The number of benzene rings is 1. The molecule has 0 bridgehead atoms. The van der Waals surface area contributed by atoms with Crippen molar-refractivity contribution in [1.29, 1.82) is 0 Å². The summed E-state index contributed by atoms with van der Waals surface area (Å²) in [6.45, 7) is 3.82. The molecule has 19 heavy (non-hydrogen) atoms. The van der Waals surface area contributed by atoms with Crippen molar-refractivity contribution in [1.82, 2.24) is 0 Å². The summed E-state index contributed by atoms with van der Waals surface area (Å²) in [6.07, 6.45) is 7.85. The van der Waals surface area contributed by atoms with Gasteiger partial charge in [-0.05, 0) is 25.0 Å². The molecule has 1 rings (SSSR count). The van der Waals surface area contributed by atoms with Gasteiger partial charge in [0.2, 0.25) is 0 Å². The Morgan fingerprint density at radius 2 is 1.63 bits per heavy atom. The van der Waals surface area contributed by atoms with Gasteiger partial charge < -0.3 is 0 Å². The van der Waals surface area contributed by atoms with E-state index < -0.39 is 11.6 Å². The molecule has 0 aliphatic carbocycles. The average molecular weight is 289 g/mol. The standard InChI is InChI=1S/C16H23ClF2/c1-3-4-5-6-7-8-9-14(17)13-10-12(2)15(18)11-16(13)19/h10-11,14H,3-9H2,1-2H3. The minimum atomic E-state index is -0.533. The molecule has 0 saturated carbocycles. The van der Waals surface area contributed by atoms with E-state index in [0.717, 1.165) is 25.3 Å². The molecular formula is C16H23ClF2. The van der Waals surface area contributed by atoms with E-state index in [-0.39, 0.29) is 5.38 Å². The summed E-state index contributed by atoms with van der Waals surface area (Å²) in [5.41, 5.74) is 0.874. The number of hydrogen-bond donors (Lipinski definition) is 0. The molecule has 1 unspecified atom stereocenters. The van der Waals surface area contributed by atoms with Crippen molar-refractivity contribution in [2.45, 2.75) is 64.2 Å². The van der Waals surface area contributed by atoms with Gasteiger partial charge in [0, 0.05) is 11.6 Å². The molecule has 1 aromatic rings. The first-order valence-electron chi connectivity index (χ1n) is 7.15. The summed E-state index contributed by atoms with van der Waals surface area (Å²) < 4.78 is 26.8. The molecule has 108 valence electrons. The highest BCUT2D eigenvalue weighted by atomic mass is 35.5. The monoisotopic (exact) mass is 288 g/mol. The Morgan fingerprint density at radius 1 is 1.00 bits per heavy atom. The predicted octanol–water partition coefficient (Wildman–Crippen LogP) is 6.30. The van der Waals surface area contributed by atoms with E-state index in [2.05, 4.69) is 6.92 Å². The van der Waals surface area contributed by atoms with Crippen molar-refractivity contribution in [2.24, 2.45) is 0 Å². The number of alkyl halides is 1. The van der Waals surface area contributed by atoms with Crippen molar-refractivity contribution in [3.63, 3.8) is 0 Å². The molecule has 0 fully saturated rings. The summed E-state index contributed by atoms with van der Waals surface area (Å²) in [7, 11) is 0. The van der Waals surface area contributed by atoms with Crippen molar-refractivity contribution in [2.75, 3.05) is 0 Å². The first kappa shape index (κ1) is 16.4. The maximum Gasteiger partial charge on any atom is 0.130 e. The molecule has 3 heteroatoms. The quantitative estimate of drug-likeness (QED) is 0.389. The summed E-state index contributed by atoms with van der Waals surface area (Å²) in [4.78, 5) is 0. The zero-order valence-corrected chi connectivity index (χ0v) is 12.6. The predicted molar refractivity (Wildman–Crippen MR) is 77.7 cm³/mol. The molecule has 1 aromatic carbocycles. The number of halogens is 3. The highest BCUT2D eigenvalue weighted by molar-refractivity contribution is 6.20. The van der Waals surface area contributed by atoms with Gasteiger partial charge in [-0.15, -0.1) is 11.6 Å². The van der Waals surface area contributed by atoms with E-state index in [1.807, 2.05) is 0 Å². The highest BCUT2D eigenvalue weighted by Crippen LogP contribution is 2.30. The molecule has 0 aliphatic rings. The van der Waals surface area contributed by atoms with Gasteiger partial charge in [0.15, 0.2) is 0 Å². The van der Waals surface area contributed by atoms with Crippen molar-refractivity contribution < 1.29 is 8.78 Å². The molecular weight excluding hydrogens is 266 g/mol. The van der Waals surface area contributed by atoms with Crippen LogP contribution < -0.4 is 0 Å². The van der Waals surface area contributed by atoms with Gasteiger partial charge in [-0.1, -0.05) is 45.4 Å². The second-order valence-electron chi connectivity index (χ2n) is 5.15. The summed E-state index contributed by atoms with van der Waals surface area (Å²) in [5, 5.41) is -0.356. The van der Waals surface area contributed by atoms with Gasteiger partial charge in [-0.25, -0.2) is 8.78 Å². The van der Waals surface area contributed by atoms with Crippen LogP contribution in [0.5, 0.6) is 0 Å². The Bertz CT molecular complexity index is 391. The van der Waals surface area contributed by atoms with Gasteiger partial charge >= 0.3 is 0 Å². The molecule has 0 nitrogen and oxygen atoms in total. The van der Waals surface area contributed by atoms with Crippen LogP contribution in [0.2, 0.25) is 0 Å². The van der Waals surface area contributed by atoms with Crippen molar-refractivity contribution in [3.8, 4) is 0 Å². The SMILES string of the molecule is CCCCCCCCC(Cl)c1cc(C)c(F)cc1F. The van der Waals surface area contributed by atoms with Crippen LogP contribution in [0.25, 0.3) is 0 Å². The topological polar surface area (TPSA) is 0 Å². The molecule has 0 radical (unpaired) electrons. The molecule has 0 aromatic heterocycles. The van der Waals surface area contributed by atoms with Gasteiger partial charge in [0.25, 0.3) is 0 Å². The fraction of sp³-hybridized carbons (Fsp3) is 0.625. The molecule has 0 N–H and O–H groups in total. The lowest BCUT2D eigenvalue weighted by molar-refractivity contribution is 0.549. The van der Waals surface area contributed by atoms with Gasteiger partial charge in [-0.2, -0.15) is 0 Å². The smallest absolute Gasteiger partial charge is 0.130 e. The first-order valence-corrected chi connectivity index (χ1v) is 7.59. The minimum absolute atomic E-state index is 0.356. The largest absolute Gasteiger partial charge is 0.207 e. The number of unbranched alkanes of at least 4 members (excludes halogenated alkanes) is 5. The zero-order chi connectivity index (χ0) is 14.3. The molecule has 0 amide bonds. The summed E-state index contributed by atoms with van der Waals surface area (Å²) in [6, 6.07) is 2.46. The fourth-order valence-corrected chi connectivity index (χ4v) is 2.50. The molecule has 0 spiro atoms. The number of aryl methyl sites for hydroxylation is 1. The zero-order valence-electron chi connectivity index (χ0n) is 11.8. The van der Waals surface area contributed by atoms with Crippen LogP contribution in [0.4, 0.5) is 8.78 Å². The summed E-state index contributed by atoms with van der Waals surface area (Å²) in [5.74, 6) is -1.04. The highest BCUT2D eigenvalue weighted by Gasteiger charge is 2.15. The second-order valence-corrected chi connectivity index (χ2v) is 5.67. The lowest BCUT2D eigenvalue weighted by atomic mass is 10.0. The molecule has 0 heterocycles. The molecule has 0 saturated heterocycles. The van der Waals surface area contributed by atoms with Crippen LogP contribution >= 0.6 is 11.6 Å². The Morgan fingerprint density at radius 3 is 2.32 bits per heavy atom. The first-order chi connectivity index (χ1) is 9.06. The van der Waals surface area contributed by atoms with E-state index >= 15 is 0 Å². The second kappa shape index (κ2) is 8.52. The Labute approximate surface area is 120 Å². The van der Waals surface area contributed by atoms with Crippen LogP contribution in [-0.4, -0.2) is 0 Å². The van der Waals surface area contributed by atoms with Gasteiger partial charge in [0.1, 0.15) is 11.6 Å². The summed E-state index contributed by atoms with van der Waals surface area (Å²) >= 11 is 6.21. The van der Waals surface area contributed by atoms with E-state index in [0.29, 0.717) is 11.1 Å². The Hall–Kier alpha value is -0.630. The minimum Gasteiger partial charge on any atom is -0.207 e. The van der Waals surface area contributed by atoms with E-state index in [4.69, 9.17) is 11.6 Å². The number of rotatable bonds is 8. The van der Waals surface area contributed by atoms with Crippen LogP contribution in [0.3, 0.4) is 0 Å². The lowest BCUT2D eigenvalue weighted by Gasteiger charge is -2.12. The maximum atomic E-state index is 13.6. The van der Waals surface area contributed by atoms with Gasteiger partial charge in [-0.3, -0.25) is 0 Å². The molecule has 0 aliphatic heterocycles. The molecule has 1 atom stereocenters. The normalized spacial score (nSPS) is 12.7. The lowest BCUT2D eigenvalue weighted by Crippen LogP contribution is -1.98. The third kappa shape index (κ3) is 5.48.